The number of methoxy groups -OCH3 is 1. The molecule has 1 aromatic carbocycles. The number of carbonyl (C=O) groups is 1. The standard InChI is InChI=1S/C13H13NO2S/c1-16-13(15)12-7-11(9-17-12)14-8-10-5-3-2-4-6-10/h2-7,9,14H,8H2,1H3. The molecule has 0 unspecified atom stereocenters. The van der Waals surface area contributed by atoms with Crippen molar-refractivity contribution in [3.8, 4) is 0 Å². The predicted molar refractivity (Wildman–Crippen MR) is 69.4 cm³/mol. The molecule has 0 bridgehead atoms. The molecule has 4 heteroatoms. The third-order valence-electron chi connectivity index (χ3n) is 2.33. The van der Waals surface area contributed by atoms with Crippen LogP contribution in [0.15, 0.2) is 41.8 Å². The second-order valence-electron chi connectivity index (χ2n) is 3.53. The number of anilines is 1. The monoisotopic (exact) mass is 247 g/mol. The molecule has 3 nitrogen and oxygen atoms in total. The fourth-order valence-corrected chi connectivity index (χ4v) is 2.22. The van der Waals surface area contributed by atoms with Gasteiger partial charge in [-0.05, 0) is 11.6 Å². The predicted octanol–water partition coefficient (Wildman–Crippen LogP) is 3.15. The first-order valence-corrected chi connectivity index (χ1v) is 6.12. The van der Waals surface area contributed by atoms with Crippen LogP contribution in [0.3, 0.4) is 0 Å². The van der Waals surface area contributed by atoms with Crippen molar-refractivity contribution in [2.75, 3.05) is 12.4 Å². The molecule has 2 aromatic rings. The van der Waals surface area contributed by atoms with Gasteiger partial charge >= 0.3 is 5.97 Å². The van der Waals surface area contributed by atoms with E-state index >= 15 is 0 Å². The summed E-state index contributed by atoms with van der Waals surface area (Å²) < 4.78 is 4.66. The van der Waals surface area contributed by atoms with Crippen LogP contribution in [-0.4, -0.2) is 13.1 Å². The summed E-state index contributed by atoms with van der Waals surface area (Å²) in [6.07, 6.45) is 0. The zero-order valence-electron chi connectivity index (χ0n) is 9.47. The molecule has 0 aliphatic heterocycles. The maximum atomic E-state index is 11.3. The summed E-state index contributed by atoms with van der Waals surface area (Å²) in [5.74, 6) is -0.289. The molecule has 17 heavy (non-hydrogen) atoms. The lowest BCUT2D eigenvalue weighted by atomic mass is 10.2. The van der Waals surface area contributed by atoms with Crippen LogP contribution in [0.2, 0.25) is 0 Å². The molecule has 0 fully saturated rings. The van der Waals surface area contributed by atoms with Crippen molar-refractivity contribution >= 4 is 23.0 Å². The molecule has 0 atom stereocenters. The Hall–Kier alpha value is -1.81. The van der Waals surface area contributed by atoms with E-state index < -0.39 is 0 Å². The summed E-state index contributed by atoms with van der Waals surface area (Å²) in [5, 5.41) is 5.17. The Bertz CT molecular complexity index is 493. The zero-order chi connectivity index (χ0) is 12.1. The van der Waals surface area contributed by atoms with E-state index in [1.54, 1.807) is 6.07 Å². The first-order valence-electron chi connectivity index (χ1n) is 5.24. The Labute approximate surface area is 104 Å². The SMILES string of the molecule is COC(=O)c1cc(NCc2ccccc2)cs1. The highest BCUT2D eigenvalue weighted by atomic mass is 32.1. The fourth-order valence-electron chi connectivity index (χ4n) is 1.44. The molecule has 0 saturated carbocycles. The molecule has 0 amide bonds. The van der Waals surface area contributed by atoms with E-state index in [0.29, 0.717) is 4.88 Å². The van der Waals surface area contributed by atoms with E-state index in [4.69, 9.17) is 0 Å². The Morgan fingerprint density at radius 1 is 1.35 bits per heavy atom. The summed E-state index contributed by atoms with van der Waals surface area (Å²) in [4.78, 5) is 11.9. The van der Waals surface area contributed by atoms with Gasteiger partial charge in [0.15, 0.2) is 0 Å². The largest absolute Gasteiger partial charge is 0.465 e. The molecule has 1 heterocycles. The van der Waals surface area contributed by atoms with Gasteiger partial charge in [-0.3, -0.25) is 0 Å². The van der Waals surface area contributed by atoms with Crippen LogP contribution in [0.5, 0.6) is 0 Å². The van der Waals surface area contributed by atoms with Gasteiger partial charge in [0.1, 0.15) is 4.88 Å². The van der Waals surface area contributed by atoms with E-state index in [0.717, 1.165) is 12.2 Å². The fraction of sp³-hybridized carbons (Fsp3) is 0.154. The van der Waals surface area contributed by atoms with Gasteiger partial charge in [0, 0.05) is 17.6 Å². The molecule has 1 N–H and O–H groups in total. The lowest BCUT2D eigenvalue weighted by molar-refractivity contribution is 0.0606. The maximum absolute atomic E-state index is 11.3. The van der Waals surface area contributed by atoms with Crippen LogP contribution in [0.1, 0.15) is 15.2 Å². The quantitative estimate of drug-likeness (QED) is 0.843. The van der Waals surface area contributed by atoms with Crippen molar-refractivity contribution in [3.05, 3.63) is 52.2 Å². The molecule has 88 valence electrons. The number of hydrogen-bond donors (Lipinski definition) is 1. The van der Waals surface area contributed by atoms with Crippen molar-refractivity contribution < 1.29 is 9.53 Å². The second kappa shape index (κ2) is 5.50. The second-order valence-corrected chi connectivity index (χ2v) is 4.44. The smallest absolute Gasteiger partial charge is 0.348 e. The number of carbonyl (C=O) groups excluding carboxylic acids is 1. The number of nitrogens with one attached hydrogen (secondary N) is 1. The average molecular weight is 247 g/mol. The Balaban J connectivity index is 1.96. The average Bonchev–Trinajstić information content (AvgIpc) is 2.85. The van der Waals surface area contributed by atoms with Crippen molar-refractivity contribution in [2.45, 2.75) is 6.54 Å². The minimum Gasteiger partial charge on any atom is -0.465 e. The number of rotatable bonds is 4. The number of ether oxygens (including phenoxy) is 1. The Kier molecular flexibility index (Phi) is 3.77. The highest BCUT2D eigenvalue weighted by Crippen LogP contribution is 2.20. The third-order valence-corrected chi connectivity index (χ3v) is 3.24. The summed E-state index contributed by atoms with van der Waals surface area (Å²) in [7, 11) is 1.39. The Morgan fingerprint density at radius 2 is 2.12 bits per heavy atom. The van der Waals surface area contributed by atoms with E-state index in [1.165, 1.54) is 24.0 Å². The topological polar surface area (TPSA) is 38.3 Å². The van der Waals surface area contributed by atoms with Crippen LogP contribution in [0.4, 0.5) is 5.69 Å². The van der Waals surface area contributed by atoms with Crippen LogP contribution >= 0.6 is 11.3 Å². The van der Waals surface area contributed by atoms with Gasteiger partial charge in [0.25, 0.3) is 0 Å². The number of thiophene rings is 1. The Morgan fingerprint density at radius 3 is 2.82 bits per heavy atom. The maximum Gasteiger partial charge on any atom is 0.348 e. The van der Waals surface area contributed by atoms with Gasteiger partial charge in [0.2, 0.25) is 0 Å². The van der Waals surface area contributed by atoms with Crippen molar-refractivity contribution in [1.82, 2.24) is 0 Å². The molecule has 0 saturated heterocycles. The number of benzene rings is 1. The van der Waals surface area contributed by atoms with Crippen molar-refractivity contribution in [3.63, 3.8) is 0 Å². The van der Waals surface area contributed by atoms with Gasteiger partial charge in [-0.15, -0.1) is 11.3 Å². The molecular weight excluding hydrogens is 234 g/mol. The van der Waals surface area contributed by atoms with Crippen LogP contribution in [0.25, 0.3) is 0 Å². The molecular formula is C13H13NO2S. The van der Waals surface area contributed by atoms with Crippen LogP contribution < -0.4 is 5.32 Å². The number of hydrogen-bond acceptors (Lipinski definition) is 4. The van der Waals surface area contributed by atoms with Crippen LogP contribution in [-0.2, 0) is 11.3 Å². The van der Waals surface area contributed by atoms with Gasteiger partial charge in [0.05, 0.1) is 7.11 Å². The van der Waals surface area contributed by atoms with Gasteiger partial charge in [-0.2, -0.15) is 0 Å². The van der Waals surface area contributed by atoms with E-state index in [9.17, 15) is 4.79 Å². The highest BCUT2D eigenvalue weighted by molar-refractivity contribution is 7.12. The summed E-state index contributed by atoms with van der Waals surface area (Å²) >= 11 is 1.38. The normalized spacial score (nSPS) is 9.94. The van der Waals surface area contributed by atoms with Crippen molar-refractivity contribution in [1.29, 1.82) is 0 Å². The highest BCUT2D eigenvalue weighted by Gasteiger charge is 2.08. The minimum atomic E-state index is -0.289. The molecule has 0 spiro atoms. The van der Waals surface area contributed by atoms with Crippen molar-refractivity contribution in [2.24, 2.45) is 0 Å². The molecule has 2 rings (SSSR count). The summed E-state index contributed by atoms with van der Waals surface area (Å²) in [5.41, 5.74) is 2.15. The molecule has 0 radical (unpaired) electrons. The number of esters is 1. The van der Waals surface area contributed by atoms with Gasteiger partial charge < -0.3 is 10.1 Å². The molecule has 0 aliphatic carbocycles. The first kappa shape index (κ1) is 11.7. The molecule has 1 aromatic heterocycles. The first-order chi connectivity index (χ1) is 8.29. The summed E-state index contributed by atoms with van der Waals surface area (Å²) in [6, 6.07) is 11.9. The van der Waals surface area contributed by atoms with Gasteiger partial charge in [-0.1, -0.05) is 30.3 Å². The lowest BCUT2D eigenvalue weighted by Gasteiger charge is -2.03. The summed E-state index contributed by atoms with van der Waals surface area (Å²) in [6.45, 7) is 0.748. The lowest BCUT2D eigenvalue weighted by Crippen LogP contribution is -1.99. The minimum absolute atomic E-state index is 0.289. The van der Waals surface area contributed by atoms with E-state index in [2.05, 4.69) is 22.2 Å². The van der Waals surface area contributed by atoms with Crippen LogP contribution in [0, 0.1) is 0 Å². The van der Waals surface area contributed by atoms with E-state index in [-0.39, 0.29) is 5.97 Å². The third kappa shape index (κ3) is 3.07. The van der Waals surface area contributed by atoms with Gasteiger partial charge in [-0.25, -0.2) is 4.79 Å². The zero-order valence-corrected chi connectivity index (χ0v) is 10.3. The van der Waals surface area contributed by atoms with E-state index in [1.807, 2.05) is 23.6 Å². The molecule has 0 aliphatic rings.